The van der Waals surface area contributed by atoms with Gasteiger partial charge in [-0.3, -0.25) is 0 Å². The average molecular weight is 208 g/mol. The van der Waals surface area contributed by atoms with Crippen molar-refractivity contribution in [3.63, 3.8) is 0 Å². The Balaban J connectivity index is 2.18. The maximum absolute atomic E-state index is 5.15. The Bertz CT molecular complexity index is 572. The van der Waals surface area contributed by atoms with Gasteiger partial charge < -0.3 is 4.74 Å². The second kappa shape index (κ2) is 3.80. The van der Waals surface area contributed by atoms with Crippen LogP contribution in [-0.4, -0.2) is 20.9 Å². The molecule has 2 aromatic carbocycles. The molecule has 0 fully saturated rings. The summed E-state index contributed by atoms with van der Waals surface area (Å²) >= 11 is 0. The first-order valence-corrected chi connectivity index (χ1v) is 5.62. The predicted molar refractivity (Wildman–Crippen MR) is 71.5 cm³/mol. The highest BCUT2D eigenvalue weighted by atomic mass is 16.5. The SMILES string of the molecule is COCBc1ccc2cccc3c2c1C=C3. The summed E-state index contributed by atoms with van der Waals surface area (Å²) in [7, 11) is 2.74. The largest absolute Gasteiger partial charge is 0.393 e. The third kappa shape index (κ3) is 1.38. The van der Waals surface area contributed by atoms with Crippen LogP contribution in [-0.2, 0) is 4.74 Å². The quantitative estimate of drug-likeness (QED) is 0.598. The van der Waals surface area contributed by atoms with Gasteiger partial charge in [0.25, 0.3) is 0 Å². The zero-order valence-electron chi connectivity index (χ0n) is 9.36. The van der Waals surface area contributed by atoms with E-state index in [4.69, 9.17) is 4.74 Å². The van der Waals surface area contributed by atoms with E-state index in [1.165, 1.54) is 27.4 Å². The van der Waals surface area contributed by atoms with Crippen LogP contribution >= 0.6 is 0 Å². The van der Waals surface area contributed by atoms with E-state index in [9.17, 15) is 0 Å². The third-order valence-corrected chi connectivity index (χ3v) is 3.21. The van der Waals surface area contributed by atoms with E-state index < -0.39 is 0 Å². The lowest BCUT2D eigenvalue weighted by atomic mass is 9.68. The van der Waals surface area contributed by atoms with Crippen LogP contribution in [0.25, 0.3) is 22.9 Å². The van der Waals surface area contributed by atoms with Gasteiger partial charge in [-0.05, 0) is 21.9 Å². The highest BCUT2D eigenvalue weighted by Gasteiger charge is 2.12. The van der Waals surface area contributed by atoms with Gasteiger partial charge in [0.1, 0.15) is 0 Å². The molecule has 0 unspecified atom stereocenters. The first kappa shape index (κ1) is 9.67. The van der Waals surface area contributed by atoms with Crippen molar-refractivity contribution in [2.45, 2.75) is 0 Å². The monoisotopic (exact) mass is 208 g/mol. The predicted octanol–water partition coefficient (Wildman–Crippen LogP) is 1.99. The molecule has 0 bridgehead atoms. The fourth-order valence-electron chi connectivity index (χ4n) is 2.41. The van der Waals surface area contributed by atoms with Gasteiger partial charge in [0.15, 0.2) is 7.28 Å². The van der Waals surface area contributed by atoms with Gasteiger partial charge in [-0.15, -0.1) is 0 Å². The normalized spacial score (nSPS) is 12.3. The summed E-state index contributed by atoms with van der Waals surface area (Å²) in [4.78, 5) is 0. The van der Waals surface area contributed by atoms with Crippen LogP contribution in [0.4, 0.5) is 0 Å². The number of hydrogen-bond acceptors (Lipinski definition) is 1. The van der Waals surface area contributed by atoms with E-state index in [0.717, 1.165) is 13.8 Å². The zero-order chi connectivity index (χ0) is 11.0. The van der Waals surface area contributed by atoms with Crippen molar-refractivity contribution in [1.82, 2.24) is 0 Å². The minimum absolute atomic E-state index is 0.786. The molecule has 0 N–H and O–H groups in total. The lowest BCUT2D eigenvalue weighted by molar-refractivity contribution is 0.252. The summed E-state index contributed by atoms with van der Waals surface area (Å²) in [5.41, 5.74) is 4.10. The molecule has 16 heavy (non-hydrogen) atoms. The van der Waals surface area contributed by atoms with Gasteiger partial charge in [-0.1, -0.05) is 47.9 Å². The van der Waals surface area contributed by atoms with E-state index in [0.29, 0.717) is 0 Å². The van der Waals surface area contributed by atoms with Gasteiger partial charge in [0.2, 0.25) is 0 Å². The molecule has 0 radical (unpaired) electrons. The first-order valence-electron chi connectivity index (χ1n) is 5.62. The lowest BCUT2D eigenvalue weighted by Crippen LogP contribution is -2.21. The molecule has 0 saturated carbocycles. The fourth-order valence-corrected chi connectivity index (χ4v) is 2.41. The van der Waals surface area contributed by atoms with Crippen LogP contribution in [0.1, 0.15) is 11.1 Å². The Morgan fingerprint density at radius 1 is 1.12 bits per heavy atom. The summed E-state index contributed by atoms with van der Waals surface area (Å²) in [5, 5.41) is 2.73. The second-order valence-electron chi connectivity index (χ2n) is 4.16. The molecule has 1 aliphatic rings. The van der Waals surface area contributed by atoms with Gasteiger partial charge in [0, 0.05) is 13.6 Å². The molecule has 0 aliphatic heterocycles. The highest BCUT2D eigenvalue weighted by Crippen LogP contribution is 2.29. The van der Waals surface area contributed by atoms with Crippen molar-refractivity contribution >= 4 is 35.7 Å². The molecule has 2 heteroatoms. The molecule has 0 heterocycles. The molecule has 3 rings (SSSR count). The van der Waals surface area contributed by atoms with E-state index >= 15 is 0 Å². The third-order valence-electron chi connectivity index (χ3n) is 3.21. The standard InChI is InChI=1S/C14H13BO/c1-16-9-15-13-8-6-11-4-2-3-10-5-7-12(13)14(10)11/h2-8,15H,9H2,1H3. The van der Waals surface area contributed by atoms with Gasteiger partial charge in [-0.25, -0.2) is 0 Å². The van der Waals surface area contributed by atoms with Crippen LogP contribution in [0, 0.1) is 0 Å². The molecule has 2 aromatic rings. The Morgan fingerprint density at radius 3 is 2.94 bits per heavy atom. The Hall–Kier alpha value is -1.54. The van der Waals surface area contributed by atoms with E-state index in [1.54, 1.807) is 7.11 Å². The maximum atomic E-state index is 5.15. The van der Waals surface area contributed by atoms with E-state index in [-0.39, 0.29) is 0 Å². The summed E-state index contributed by atoms with van der Waals surface area (Å²) in [5.74, 6) is 0. The molecule has 0 spiro atoms. The van der Waals surface area contributed by atoms with Crippen LogP contribution in [0.3, 0.4) is 0 Å². The molecule has 0 amide bonds. The van der Waals surface area contributed by atoms with Gasteiger partial charge in [0.05, 0.1) is 0 Å². The molecule has 0 saturated heterocycles. The topological polar surface area (TPSA) is 9.23 Å². The smallest absolute Gasteiger partial charge is 0.189 e. The molecular formula is C14H13BO. The number of rotatable bonds is 3. The molecule has 0 aromatic heterocycles. The van der Waals surface area contributed by atoms with Crippen LogP contribution < -0.4 is 5.46 Å². The van der Waals surface area contributed by atoms with Crippen LogP contribution in [0.2, 0.25) is 0 Å². The van der Waals surface area contributed by atoms with Crippen molar-refractivity contribution < 1.29 is 4.74 Å². The fraction of sp³-hybridized carbons (Fsp3) is 0.143. The van der Waals surface area contributed by atoms with Crippen molar-refractivity contribution in [2.75, 3.05) is 13.6 Å². The van der Waals surface area contributed by atoms with Crippen molar-refractivity contribution in [3.05, 3.63) is 41.5 Å². The van der Waals surface area contributed by atoms with Gasteiger partial charge in [-0.2, -0.15) is 0 Å². The molecule has 0 atom stereocenters. The number of ether oxygens (including phenoxy) is 1. The Morgan fingerprint density at radius 2 is 2.06 bits per heavy atom. The maximum Gasteiger partial charge on any atom is 0.189 e. The number of hydrogen-bond donors (Lipinski definition) is 0. The van der Waals surface area contributed by atoms with E-state index in [1.807, 2.05) is 0 Å². The van der Waals surface area contributed by atoms with Crippen LogP contribution in [0.5, 0.6) is 0 Å². The van der Waals surface area contributed by atoms with Crippen molar-refractivity contribution in [3.8, 4) is 0 Å². The minimum Gasteiger partial charge on any atom is -0.393 e. The molecular weight excluding hydrogens is 195 g/mol. The van der Waals surface area contributed by atoms with E-state index in [2.05, 4.69) is 42.5 Å². The average Bonchev–Trinajstić information content (AvgIpc) is 2.75. The van der Waals surface area contributed by atoms with Crippen molar-refractivity contribution in [1.29, 1.82) is 0 Å². The van der Waals surface area contributed by atoms with Gasteiger partial charge >= 0.3 is 0 Å². The van der Waals surface area contributed by atoms with Crippen LogP contribution in [0.15, 0.2) is 30.3 Å². The Labute approximate surface area is 96.0 Å². The second-order valence-corrected chi connectivity index (χ2v) is 4.16. The highest BCUT2D eigenvalue weighted by molar-refractivity contribution is 6.55. The summed E-state index contributed by atoms with van der Waals surface area (Å²) in [6.07, 6.45) is 4.43. The minimum atomic E-state index is 0.786. The lowest BCUT2D eigenvalue weighted by Gasteiger charge is -2.07. The summed E-state index contributed by atoms with van der Waals surface area (Å²) in [6, 6.07) is 10.9. The van der Waals surface area contributed by atoms with Crippen molar-refractivity contribution in [2.24, 2.45) is 0 Å². The summed E-state index contributed by atoms with van der Waals surface area (Å²) in [6.45, 7) is 0.786. The molecule has 78 valence electrons. The molecule has 1 aliphatic carbocycles. The number of benzene rings is 2. The zero-order valence-corrected chi connectivity index (χ0v) is 9.36. The first-order chi connectivity index (χ1) is 7.90. The Kier molecular flexibility index (Phi) is 2.30. The molecule has 1 nitrogen and oxygen atoms in total. The summed E-state index contributed by atoms with van der Waals surface area (Å²) < 4.78 is 5.15. The number of methoxy groups -OCH3 is 1.